The number of aromatic nitrogens is 1. The van der Waals surface area contributed by atoms with Crippen LogP contribution in [0.1, 0.15) is 5.56 Å². The smallest absolute Gasteiger partial charge is 0.213 e. The number of nitrogens with zero attached hydrogens (tertiary/aromatic N) is 3. The maximum absolute atomic E-state index is 5.72. The molecule has 0 saturated heterocycles. The Hall–Kier alpha value is -2.76. The lowest BCUT2D eigenvalue weighted by molar-refractivity contribution is 0.281. The highest BCUT2D eigenvalue weighted by Crippen LogP contribution is 2.09. The van der Waals surface area contributed by atoms with Crippen molar-refractivity contribution in [3.63, 3.8) is 0 Å². The molecule has 0 aliphatic carbocycles. The average molecular weight is 328 g/mol. The van der Waals surface area contributed by atoms with Gasteiger partial charge in [0.2, 0.25) is 5.88 Å². The van der Waals surface area contributed by atoms with E-state index in [1.54, 1.807) is 20.4 Å². The van der Waals surface area contributed by atoms with Crippen LogP contribution in [0.25, 0.3) is 0 Å². The summed E-state index contributed by atoms with van der Waals surface area (Å²) in [4.78, 5) is 10.4. The molecule has 6 nitrogen and oxygen atoms in total. The Morgan fingerprint density at radius 2 is 2.04 bits per heavy atom. The molecule has 2 aromatic rings. The number of ether oxygens (including phenoxy) is 2. The van der Waals surface area contributed by atoms with Crippen molar-refractivity contribution in [3.05, 3.63) is 54.2 Å². The summed E-state index contributed by atoms with van der Waals surface area (Å²) in [5.41, 5.74) is 1.08. The first-order chi connectivity index (χ1) is 11.7. The Morgan fingerprint density at radius 3 is 2.75 bits per heavy atom. The number of methoxy groups -OCH3 is 1. The Morgan fingerprint density at radius 1 is 1.25 bits per heavy atom. The van der Waals surface area contributed by atoms with Crippen molar-refractivity contribution in [3.8, 4) is 11.6 Å². The molecule has 0 bridgehead atoms. The molecule has 24 heavy (non-hydrogen) atoms. The van der Waals surface area contributed by atoms with Gasteiger partial charge in [-0.1, -0.05) is 18.2 Å². The summed E-state index contributed by atoms with van der Waals surface area (Å²) in [5.74, 6) is 2.29. The maximum atomic E-state index is 5.72. The predicted molar refractivity (Wildman–Crippen MR) is 95.6 cm³/mol. The summed E-state index contributed by atoms with van der Waals surface area (Å²) >= 11 is 0. The largest absolute Gasteiger partial charge is 0.492 e. The van der Waals surface area contributed by atoms with Gasteiger partial charge in [0.25, 0.3) is 0 Å². The summed E-state index contributed by atoms with van der Waals surface area (Å²) < 4.78 is 10.8. The van der Waals surface area contributed by atoms with Gasteiger partial charge in [0, 0.05) is 32.9 Å². The van der Waals surface area contributed by atoms with Gasteiger partial charge in [0.1, 0.15) is 12.4 Å². The maximum Gasteiger partial charge on any atom is 0.213 e. The molecule has 0 amide bonds. The fraction of sp³-hybridized carbons (Fsp3) is 0.333. The van der Waals surface area contributed by atoms with Crippen LogP contribution in [0.4, 0.5) is 0 Å². The molecule has 0 radical (unpaired) electrons. The minimum atomic E-state index is 0.588. The van der Waals surface area contributed by atoms with Gasteiger partial charge in [0.05, 0.1) is 13.7 Å². The lowest BCUT2D eigenvalue weighted by Gasteiger charge is -2.22. The van der Waals surface area contributed by atoms with Crippen molar-refractivity contribution in [2.45, 2.75) is 6.54 Å². The molecule has 6 heteroatoms. The summed E-state index contributed by atoms with van der Waals surface area (Å²) in [6.45, 7) is 1.97. The van der Waals surface area contributed by atoms with Gasteiger partial charge in [-0.3, -0.25) is 4.99 Å². The van der Waals surface area contributed by atoms with Crippen LogP contribution in [0.15, 0.2) is 53.7 Å². The molecule has 2 rings (SSSR count). The SMILES string of the molecule is CN=C(NCc1ccnc(OC)c1)N(C)CCOc1ccccc1. The van der Waals surface area contributed by atoms with E-state index in [1.165, 1.54) is 0 Å². The monoisotopic (exact) mass is 328 g/mol. The topological polar surface area (TPSA) is 59.0 Å². The lowest BCUT2D eigenvalue weighted by atomic mass is 10.2. The van der Waals surface area contributed by atoms with E-state index in [9.17, 15) is 0 Å². The first-order valence-electron chi connectivity index (χ1n) is 7.81. The zero-order valence-electron chi connectivity index (χ0n) is 14.4. The van der Waals surface area contributed by atoms with E-state index in [0.717, 1.165) is 23.8 Å². The third-order valence-electron chi connectivity index (χ3n) is 3.47. The molecular formula is C18H24N4O2. The molecule has 0 saturated carbocycles. The van der Waals surface area contributed by atoms with Crippen LogP contribution in [0, 0.1) is 0 Å². The number of pyridine rings is 1. The van der Waals surface area contributed by atoms with E-state index in [2.05, 4.69) is 15.3 Å². The second-order valence-electron chi connectivity index (χ2n) is 5.19. The first-order valence-corrected chi connectivity index (χ1v) is 7.81. The zero-order valence-corrected chi connectivity index (χ0v) is 14.4. The molecule has 0 fully saturated rings. The van der Waals surface area contributed by atoms with E-state index in [4.69, 9.17) is 9.47 Å². The number of hydrogen-bond donors (Lipinski definition) is 1. The number of benzene rings is 1. The molecule has 0 spiro atoms. The van der Waals surface area contributed by atoms with Gasteiger partial charge in [-0.2, -0.15) is 0 Å². The molecular weight excluding hydrogens is 304 g/mol. The second kappa shape index (κ2) is 9.39. The Kier molecular flexibility index (Phi) is 6.89. The Bertz CT molecular complexity index is 646. The Labute approximate surface area is 143 Å². The number of nitrogens with one attached hydrogen (secondary N) is 1. The van der Waals surface area contributed by atoms with Crippen molar-refractivity contribution in [1.82, 2.24) is 15.2 Å². The fourth-order valence-electron chi connectivity index (χ4n) is 2.16. The molecule has 1 heterocycles. The number of para-hydroxylation sites is 1. The number of hydrogen-bond acceptors (Lipinski definition) is 4. The fourth-order valence-corrected chi connectivity index (χ4v) is 2.16. The summed E-state index contributed by atoms with van der Waals surface area (Å²) in [6.07, 6.45) is 1.73. The first kappa shape index (κ1) is 17.6. The molecule has 0 aliphatic rings. The number of aliphatic imine (C=N–C) groups is 1. The highest BCUT2D eigenvalue weighted by molar-refractivity contribution is 5.79. The third kappa shape index (κ3) is 5.46. The van der Waals surface area contributed by atoms with E-state index < -0.39 is 0 Å². The number of guanidine groups is 1. The van der Waals surface area contributed by atoms with E-state index in [0.29, 0.717) is 19.0 Å². The summed E-state index contributed by atoms with van der Waals surface area (Å²) in [7, 11) is 5.36. The second-order valence-corrected chi connectivity index (χ2v) is 5.19. The molecule has 0 aliphatic heterocycles. The average Bonchev–Trinajstić information content (AvgIpc) is 2.63. The molecule has 128 valence electrons. The van der Waals surface area contributed by atoms with Crippen molar-refractivity contribution in [1.29, 1.82) is 0 Å². The normalized spacial score (nSPS) is 11.0. The van der Waals surface area contributed by atoms with Crippen LogP contribution in [-0.4, -0.2) is 50.2 Å². The van der Waals surface area contributed by atoms with E-state index in [-0.39, 0.29) is 0 Å². The van der Waals surface area contributed by atoms with Crippen molar-refractivity contribution >= 4 is 5.96 Å². The van der Waals surface area contributed by atoms with Crippen molar-refractivity contribution in [2.75, 3.05) is 34.4 Å². The van der Waals surface area contributed by atoms with Crippen molar-refractivity contribution < 1.29 is 9.47 Å². The molecule has 0 unspecified atom stereocenters. The Balaban J connectivity index is 1.79. The van der Waals surface area contributed by atoms with Crippen LogP contribution >= 0.6 is 0 Å². The quantitative estimate of drug-likeness (QED) is 0.623. The van der Waals surface area contributed by atoms with Gasteiger partial charge in [-0.05, 0) is 23.8 Å². The number of rotatable bonds is 7. The predicted octanol–water partition coefficient (Wildman–Crippen LogP) is 2.18. The lowest BCUT2D eigenvalue weighted by Crippen LogP contribution is -2.40. The van der Waals surface area contributed by atoms with Gasteiger partial charge < -0.3 is 19.7 Å². The summed E-state index contributed by atoms with van der Waals surface area (Å²) in [5, 5.41) is 3.32. The van der Waals surface area contributed by atoms with Gasteiger partial charge in [-0.25, -0.2) is 4.98 Å². The van der Waals surface area contributed by atoms with Crippen molar-refractivity contribution in [2.24, 2.45) is 4.99 Å². The van der Waals surface area contributed by atoms with E-state index >= 15 is 0 Å². The highest BCUT2D eigenvalue weighted by Gasteiger charge is 2.06. The molecule has 1 aromatic heterocycles. The van der Waals surface area contributed by atoms with Gasteiger partial charge in [0.15, 0.2) is 5.96 Å². The summed E-state index contributed by atoms with van der Waals surface area (Å²) in [6, 6.07) is 13.6. The van der Waals surface area contributed by atoms with Crippen LogP contribution in [0.3, 0.4) is 0 Å². The van der Waals surface area contributed by atoms with Crippen LogP contribution < -0.4 is 14.8 Å². The minimum absolute atomic E-state index is 0.588. The molecule has 1 N–H and O–H groups in total. The minimum Gasteiger partial charge on any atom is -0.492 e. The third-order valence-corrected chi connectivity index (χ3v) is 3.47. The highest BCUT2D eigenvalue weighted by atomic mass is 16.5. The number of likely N-dealkylation sites (N-methyl/N-ethyl adjacent to an activating group) is 1. The van der Waals surface area contributed by atoms with Crippen LogP contribution in [-0.2, 0) is 6.54 Å². The van der Waals surface area contributed by atoms with Gasteiger partial charge >= 0.3 is 0 Å². The molecule has 0 atom stereocenters. The molecule has 1 aromatic carbocycles. The standard InChI is InChI=1S/C18H24N4O2/c1-19-18(21-14-15-9-10-20-17(13-15)23-3)22(2)11-12-24-16-7-5-4-6-8-16/h4-10,13H,11-12,14H2,1-3H3,(H,19,21). The van der Waals surface area contributed by atoms with E-state index in [1.807, 2.05) is 54.4 Å². The van der Waals surface area contributed by atoms with Gasteiger partial charge in [-0.15, -0.1) is 0 Å². The zero-order chi connectivity index (χ0) is 17.2. The van der Waals surface area contributed by atoms with Crippen LogP contribution in [0.2, 0.25) is 0 Å². The van der Waals surface area contributed by atoms with Crippen LogP contribution in [0.5, 0.6) is 11.6 Å².